The van der Waals surface area contributed by atoms with Gasteiger partial charge in [-0.15, -0.1) is 0 Å². The van der Waals surface area contributed by atoms with E-state index in [0.29, 0.717) is 0 Å². The minimum Gasteiger partial charge on any atom is -0.0877 e. The number of hydrogen-bond acceptors (Lipinski definition) is 0. The second kappa shape index (κ2) is 13.2. The molecule has 0 saturated heterocycles. The van der Waals surface area contributed by atoms with E-state index in [1.54, 1.807) is 0 Å². The van der Waals surface area contributed by atoms with Gasteiger partial charge in [0.25, 0.3) is 0 Å². The van der Waals surface area contributed by atoms with Crippen LogP contribution in [-0.4, -0.2) is 0 Å². The molecule has 0 heterocycles. The highest BCUT2D eigenvalue weighted by Crippen LogP contribution is 2.38. The van der Waals surface area contributed by atoms with Crippen LogP contribution >= 0.6 is 0 Å². The molecule has 0 amide bonds. The number of unbranched alkanes of at least 4 members (excludes halogenated alkanes) is 6. The zero-order valence-corrected chi connectivity index (χ0v) is 14.7. The van der Waals surface area contributed by atoms with Crippen molar-refractivity contribution in [3.63, 3.8) is 0 Å². The van der Waals surface area contributed by atoms with Gasteiger partial charge in [0.15, 0.2) is 0 Å². The third-order valence-electron chi connectivity index (χ3n) is 5.13. The fourth-order valence-electron chi connectivity index (χ4n) is 3.84. The van der Waals surface area contributed by atoms with Crippen LogP contribution in [0, 0.1) is 11.8 Å². The van der Waals surface area contributed by atoms with Crippen molar-refractivity contribution in [3.8, 4) is 0 Å². The van der Waals surface area contributed by atoms with E-state index in [-0.39, 0.29) is 0 Å². The first kappa shape index (κ1) is 18.5. The van der Waals surface area contributed by atoms with Crippen LogP contribution < -0.4 is 0 Å². The highest BCUT2D eigenvalue weighted by molar-refractivity contribution is 5.00. The summed E-state index contributed by atoms with van der Waals surface area (Å²) in [6.07, 6.45) is 27.7. The molecule has 0 N–H and O–H groups in total. The minimum atomic E-state index is 1.05. The Morgan fingerprint density at radius 2 is 1.48 bits per heavy atom. The van der Waals surface area contributed by atoms with Crippen LogP contribution in [-0.2, 0) is 0 Å². The summed E-state index contributed by atoms with van der Waals surface area (Å²) in [5.74, 6) is 2.12. The third kappa shape index (κ3) is 9.17. The molecule has 1 saturated carbocycles. The standard InChI is InChI=1S/C21H38/c1-3-5-7-9-11-13-16-20-18-15-19-21(20)17-14-12-10-8-6-4-2/h3,5,7,9,20-21H,4,6,8,10-19H2,1-2H3/b5-3+,9-7+/t20-,21-/m0/s1. The van der Waals surface area contributed by atoms with E-state index in [2.05, 4.69) is 38.2 Å². The lowest BCUT2D eigenvalue weighted by Crippen LogP contribution is -2.07. The Morgan fingerprint density at radius 1 is 0.810 bits per heavy atom. The van der Waals surface area contributed by atoms with Crippen LogP contribution in [0.5, 0.6) is 0 Å². The predicted octanol–water partition coefficient (Wildman–Crippen LogP) is 7.46. The van der Waals surface area contributed by atoms with E-state index in [1.807, 2.05) is 0 Å². The van der Waals surface area contributed by atoms with Crippen LogP contribution in [0.2, 0.25) is 0 Å². The van der Waals surface area contributed by atoms with Gasteiger partial charge in [-0.25, -0.2) is 0 Å². The Labute approximate surface area is 134 Å². The molecule has 0 aromatic carbocycles. The van der Waals surface area contributed by atoms with Crippen molar-refractivity contribution < 1.29 is 0 Å². The average Bonchev–Trinajstić information content (AvgIpc) is 2.94. The molecule has 0 aliphatic heterocycles. The van der Waals surface area contributed by atoms with Crippen LogP contribution in [0.4, 0.5) is 0 Å². The van der Waals surface area contributed by atoms with Gasteiger partial charge in [0.2, 0.25) is 0 Å². The molecule has 0 aromatic heterocycles. The van der Waals surface area contributed by atoms with Gasteiger partial charge in [0.1, 0.15) is 0 Å². The SMILES string of the molecule is C/C=C/C=C/CCC[C@H]1CCC[C@@H]1CCCCCCCC. The van der Waals surface area contributed by atoms with Gasteiger partial charge >= 0.3 is 0 Å². The Kier molecular flexibility index (Phi) is 11.6. The largest absolute Gasteiger partial charge is 0.0877 e. The van der Waals surface area contributed by atoms with Crippen molar-refractivity contribution in [1.29, 1.82) is 0 Å². The van der Waals surface area contributed by atoms with Gasteiger partial charge < -0.3 is 0 Å². The van der Waals surface area contributed by atoms with Crippen molar-refractivity contribution >= 4 is 0 Å². The van der Waals surface area contributed by atoms with E-state index in [0.717, 1.165) is 11.8 Å². The molecule has 2 atom stereocenters. The maximum absolute atomic E-state index is 2.33. The molecule has 0 bridgehead atoms. The Balaban J connectivity index is 2.05. The predicted molar refractivity (Wildman–Crippen MR) is 96.6 cm³/mol. The smallest absolute Gasteiger partial charge is 0.0348 e. The Hall–Kier alpha value is -0.520. The maximum atomic E-state index is 2.33. The topological polar surface area (TPSA) is 0 Å². The molecule has 0 radical (unpaired) electrons. The normalized spacial score (nSPS) is 22.8. The van der Waals surface area contributed by atoms with E-state index in [4.69, 9.17) is 0 Å². The average molecular weight is 291 g/mol. The van der Waals surface area contributed by atoms with Crippen LogP contribution in [0.1, 0.15) is 97.3 Å². The Bertz CT molecular complexity index is 274. The molecule has 1 fully saturated rings. The zero-order valence-electron chi connectivity index (χ0n) is 14.7. The van der Waals surface area contributed by atoms with Crippen molar-refractivity contribution in [3.05, 3.63) is 24.3 Å². The van der Waals surface area contributed by atoms with E-state index >= 15 is 0 Å². The first-order chi connectivity index (χ1) is 10.4. The van der Waals surface area contributed by atoms with Crippen LogP contribution in [0.15, 0.2) is 24.3 Å². The lowest BCUT2D eigenvalue weighted by molar-refractivity contribution is 0.327. The van der Waals surface area contributed by atoms with E-state index < -0.39 is 0 Å². The highest BCUT2D eigenvalue weighted by Gasteiger charge is 2.25. The molecule has 0 nitrogen and oxygen atoms in total. The molecule has 1 rings (SSSR count). The summed E-state index contributed by atoms with van der Waals surface area (Å²) < 4.78 is 0. The third-order valence-corrected chi connectivity index (χ3v) is 5.13. The summed E-state index contributed by atoms with van der Waals surface area (Å²) in [6, 6.07) is 0. The second-order valence-corrected chi connectivity index (χ2v) is 6.89. The molecule has 0 aromatic rings. The number of hydrogen-bond donors (Lipinski definition) is 0. The zero-order chi connectivity index (χ0) is 15.2. The highest BCUT2D eigenvalue weighted by atomic mass is 14.3. The van der Waals surface area contributed by atoms with Crippen molar-refractivity contribution in [2.45, 2.75) is 97.3 Å². The molecular formula is C21H38. The van der Waals surface area contributed by atoms with Gasteiger partial charge in [-0.1, -0.05) is 95.4 Å². The summed E-state index contributed by atoms with van der Waals surface area (Å²) in [6.45, 7) is 4.38. The molecule has 122 valence electrons. The summed E-state index contributed by atoms with van der Waals surface area (Å²) in [5.41, 5.74) is 0. The number of allylic oxidation sites excluding steroid dienone is 4. The van der Waals surface area contributed by atoms with Crippen molar-refractivity contribution in [2.75, 3.05) is 0 Å². The van der Waals surface area contributed by atoms with Crippen LogP contribution in [0.3, 0.4) is 0 Å². The molecule has 1 aliphatic carbocycles. The van der Waals surface area contributed by atoms with Gasteiger partial charge in [0, 0.05) is 0 Å². The Morgan fingerprint density at radius 3 is 2.19 bits per heavy atom. The van der Waals surface area contributed by atoms with E-state index in [9.17, 15) is 0 Å². The van der Waals surface area contributed by atoms with Crippen LogP contribution in [0.25, 0.3) is 0 Å². The van der Waals surface area contributed by atoms with Gasteiger partial charge in [-0.05, 0) is 38.0 Å². The fourth-order valence-corrected chi connectivity index (χ4v) is 3.84. The lowest BCUT2D eigenvalue weighted by atomic mass is 9.87. The monoisotopic (exact) mass is 290 g/mol. The summed E-state index contributed by atoms with van der Waals surface area (Å²) in [4.78, 5) is 0. The molecular weight excluding hydrogens is 252 g/mol. The second-order valence-electron chi connectivity index (χ2n) is 6.89. The number of rotatable bonds is 12. The molecule has 0 spiro atoms. The minimum absolute atomic E-state index is 1.05. The van der Waals surface area contributed by atoms with Gasteiger partial charge in [-0.3, -0.25) is 0 Å². The fraction of sp³-hybridized carbons (Fsp3) is 0.810. The molecule has 1 aliphatic rings. The summed E-state index contributed by atoms with van der Waals surface area (Å²) >= 11 is 0. The first-order valence-corrected chi connectivity index (χ1v) is 9.66. The van der Waals surface area contributed by atoms with E-state index in [1.165, 1.54) is 83.5 Å². The van der Waals surface area contributed by atoms with Crippen molar-refractivity contribution in [2.24, 2.45) is 11.8 Å². The first-order valence-electron chi connectivity index (χ1n) is 9.66. The quantitative estimate of drug-likeness (QED) is 0.258. The molecule has 0 unspecified atom stereocenters. The maximum Gasteiger partial charge on any atom is -0.0348 e. The lowest BCUT2D eigenvalue weighted by Gasteiger charge is -2.19. The van der Waals surface area contributed by atoms with Gasteiger partial charge in [-0.2, -0.15) is 0 Å². The van der Waals surface area contributed by atoms with Gasteiger partial charge in [0.05, 0.1) is 0 Å². The molecule has 0 heteroatoms. The summed E-state index contributed by atoms with van der Waals surface area (Å²) in [7, 11) is 0. The van der Waals surface area contributed by atoms with Crippen molar-refractivity contribution in [1.82, 2.24) is 0 Å². The molecule has 21 heavy (non-hydrogen) atoms. The summed E-state index contributed by atoms with van der Waals surface area (Å²) in [5, 5.41) is 0.